The van der Waals surface area contributed by atoms with Gasteiger partial charge in [0, 0.05) is 23.8 Å². The summed E-state index contributed by atoms with van der Waals surface area (Å²) in [5, 5.41) is 14.1. The topological polar surface area (TPSA) is 81.2 Å². The van der Waals surface area contributed by atoms with E-state index in [1.807, 2.05) is 22.6 Å². The Labute approximate surface area is 119 Å². The normalized spacial score (nSPS) is 23.7. The lowest BCUT2D eigenvalue weighted by Gasteiger charge is -2.30. The molecule has 0 aromatic heterocycles. The molecule has 2 rings (SSSR count). The average molecular weight is 361 g/mol. The van der Waals surface area contributed by atoms with Crippen LogP contribution in [0.1, 0.15) is 25.7 Å². The molecule has 98 valence electrons. The Balaban J connectivity index is 2.10. The van der Waals surface area contributed by atoms with Gasteiger partial charge in [0.2, 0.25) is 0 Å². The van der Waals surface area contributed by atoms with Gasteiger partial charge in [-0.3, -0.25) is 10.1 Å². The first-order valence-electron chi connectivity index (χ1n) is 6.04. The summed E-state index contributed by atoms with van der Waals surface area (Å²) in [5.41, 5.74) is 7.13. The fraction of sp³-hybridized carbons (Fsp3) is 0.500. The monoisotopic (exact) mass is 361 g/mol. The van der Waals surface area contributed by atoms with Crippen molar-refractivity contribution in [1.29, 1.82) is 0 Å². The van der Waals surface area contributed by atoms with Gasteiger partial charge in [-0.05, 0) is 47.6 Å². The van der Waals surface area contributed by atoms with Crippen LogP contribution in [0.4, 0.5) is 11.4 Å². The van der Waals surface area contributed by atoms with E-state index in [0.717, 1.165) is 18.5 Å². The summed E-state index contributed by atoms with van der Waals surface area (Å²) in [7, 11) is 0. The number of nitro groups is 1. The molecule has 1 aromatic rings. The van der Waals surface area contributed by atoms with Gasteiger partial charge >= 0.3 is 0 Å². The van der Waals surface area contributed by atoms with Gasteiger partial charge in [-0.2, -0.15) is 0 Å². The quantitative estimate of drug-likeness (QED) is 0.493. The van der Waals surface area contributed by atoms with Crippen LogP contribution in [0.3, 0.4) is 0 Å². The molecule has 1 aliphatic carbocycles. The van der Waals surface area contributed by atoms with E-state index in [1.54, 1.807) is 18.2 Å². The molecular formula is C12H16IN3O2. The summed E-state index contributed by atoms with van der Waals surface area (Å²) in [5.74, 6) is 0. The zero-order chi connectivity index (χ0) is 13.1. The van der Waals surface area contributed by atoms with Crippen LogP contribution in [0, 0.1) is 13.7 Å². The number of nitrogens with one attached hydrogen (secondary N) is 1. The number of nitrogens with zero attached hydrogens (tertiary/aromatic N) is 1. The lowest BCUT2D eigenvalue weighted by molar-refractivity contribution is -0.385. The van der Waals surface area contributed by atoms with E-state index in [2.05, 4.69) is 5.32 Å². The smallest absolute Gasteiger partial charge is 0.282 e. The maximum absolute atomic E-state index is 10.7. The second-order valence-electron chi connectivity index (χ2n) is 4.62. The highest BCUT2D eigenvalue weighted by molar-refractivity contribution is 14.1. The average Bonchev–Trinajstić information content (AvgIpc) is 2.32. The molecule has 0 saturated heterocycles. The van der Waals surface area contributed by atoms with Crippen LogP contribution in [-0.2, 0) is 0 Å². The zero-order valence-corrected chi connectivity index (χ0v) is 12.1. The Hall–Kier alpha value is -0.890. The summed E-state index contributed by atoms with van der Waals surface area (Å²) in [6.45, 7) is 0. The molecule has 1 aliphatic rings. The van der Waals surface area contributed by atoms with Crippen LogP contribution in [0.5, 0.6) is 0 Å². The Morgan fingerprint density at radius 1 is 1.39 bits per heavy atom. The third-order valence-corrected chi connectivity index (χ3v) is 4.18. The molecule has 2 unspecified atom stereocenters. The third-order valence-electron chi connectivity index (χ3n) is 3.32. The molecule has 6 heteroatoms. The standard InChI is InChI=1S/C12H16IN3O2/c13-9-7-8(5-6-12(9)16(17)18)15-11-4-2-1-3-10(11)14/h5-7,10-11,15H,1-4,14H2. The van der Waals surface area contributed by atoms with Gasteiger partial charge in [0.25, 0.3) is 5.69 Å². The van der Waals surface area contributed by atoms with Crippen molar-refractivity contribution in [2.75, 3.05) is 5.32 Å². The molecule has 3 N–H and O–H groups in total. The number of benzene rings is 1. The first-order valence-corrected chi connectivity index (χ1v) is 7.12. The summed E-state index contributed by atoms with van der Waals surface area (Å²) >= 11 is 1.99. The molecule has 0 heterocycles. The Morgan fingerprint density at radius 3 is 2.72 bits per heavy atom. The first kappa shape index (κ1) is 13.5. The van der Waals surface area contributed by atoms with E-state index in [-0.39, 0.29) is 22.7 Å². The number of nitro benzene ring substituents is 1. The van der Waals surface area contributed by atoms with Crippen molar-refractivity contribution < 1.29 is 4.92 Å². The van der Waals surface area contributed by atoms with E-state index in [4.69, 9.17) is 5.73 Å². The van der Waals surface area contributed by atoms with Gasteiger partial charge in [-0.25, -0.2) is 0 Å². The van der Waals surface area contributed by atoms with Crippen molar-refractivity contribution in [3.63, 3.8) is 0 Å². The number of anilines is 1. The summed E-state index contributed by atoms with van der Waals surface area (Å²) in [6, 6.07) is 5.54. The molecule has 18 heavy (non-hydrogen) atoms. The van der Waals surface area contributed by atoms with E-state index >= 15 is 0 Å². The second-order valence-corrected chi connectivity index (χ2v) is 5.78. The van der Waals surface area contributed by atoms with Gasteiger partial charge in [0.05, 0.1) is 8.49 Å². The highest BCUT2D eigenvalue weighted by Crippen LogP contribution is 2.26. The van der Waals surface area contributed by atoms with Crippen LogP contribution < -0.4 is 11.1 Å². The minimum Gasteiger partial charge on any atom is -0.381 e. The highest BCUT2D eigenvalue weighted by atomic mass is 127. The highest BCUT2D eigenvalue weighted by Gasteiger charge is 2.22. The predicted molar refractivity (Wildman–Crippen MR) is 79.7 cm³/mol. The summed E-state index contributed by atoms with van der Waals surface area (Å²) in [4.78, 5) is 10.4. The van der Waals surface area contributed by atoms with Gasteiger partial charge in [0.15, 0.2) is 0 Å². The minimum atomic E-state index is -0.363. The number of rotatable bonds is 3. The maximum atomic E-state index is 10.7. The van der Waals surface area contributed by atoms with Crippen LogP contribution >= 0.6 is 22.6 Å². The van der Waals surface area contributed by atoms with Crippen LogP contribution in [0.25, 0.3) is 0 Å². The van der Waals surface area contributed by atoms with Crippen molar-refractivity contribution in [2.45, 2.75) is 37.8 Å². The molecule has 1 fully saturated rings. The van der Waals surface area contributed by atoms with Gasteiger partial charge in [-0.1, -0.05) is 12.8 Å². The van der Waals surface area contributed by atoms with Gasteiger partial charge in [-0.15, -0.1) is 0 Å². The van der Waals surface area contributed by atoms with E-state index < -0.39 is 0 Å². The molecule has 5 nitrogen and oxygen atoms in total. The van der Waals surface area contributed by atoms with E-state index in [1.165, 1.54) is 12.8 Å². The van der Waals surface area contributed by atoms with Gasteiger partial charge in [0.1, 0.15) is 0 Å². The van der Waals surface area contributed by atoms with Crippen molar-refractivity contribution in [1.82, 2.24) is 0 Å². The second kappa shape index (κ2) is 5.83. The lowest BCUT2D eigenvalue weighted by atomic mass is 9.91. The number of hydrogen-bond acceptors (Lipinski definition) is 4. The fourth-order valence-electron chi connectivity index (χ4n) is 2.30. The van der Waals surface area contributed by atoms with Crippen molar-refractivity contribution in [3.8, 4) is 0 Å². The van der Waals surface area contributed by atoms with Crippen LogP contribution in [0.2, 0.25) is 0 Å². The Bertz CT molecular complexity index is 453. The first-order chi connectivity index (χ1) is 8.58. The number of halogens is 1. The molecule has 0 spiro atoms. The third kappa shape index (κ3) is 3.11. The minimum absolute atomic E-state index is 0.147. The molecule has 0 aliphatic heterocycles. The summed E-state index contributed by atoms with van der Waals surface area (Å²) < 4.78 is 0.645. The molecular weight excluding hydrogens is 345 g/mol. The Kier molecular flexibility index (Phi) is 4.39. The van der Waals surface area contributed by atoms with Crippen molar-refractivity contribution in [3.05, 3.63) is 31.9 Å². The van der Waals surface area contributed by atoms with Gasteiger partial charge < -0.3 is 11.1 Å². The summed E-state index contributed by atoms with van der Waals surface area (Å²) in [6.07, 6.45) is 4.49. The van der Waals surface area contributed by atoms with E-state index in [9.17, 15) is 10.1 Å². The van der Waals surface area contributed by atoms with Crippen molar-refractivity contribution >= 4 is 34.0 Å². The molecule has 0 radical (unpaired) electrons. The van der Waals surface area contributed by atoms with Crippen LogP contribution in [-0.4, -0.2) is 17.0 Å². The predicted octanol–water partition coefficient (Wildman–Crippen LogP) is 2.88. The largest absolute Gasteiger partial charge is 0.381 e. The molecule has 1 aromatic carbocycles. The van der Waals surface area contributed by atoms with E-state index in [0.29, 0.717) is 3.57 Å². The SMILES string of the molecule is NC1CCCCC1Nc1ccc([N+](=O)[O-])c(I)c1. The fourth-order valence-corrected chi connectivity index (χ4v) is 3.01. The Morgan fingerprint density at radius 2 is 2.11 bits per heavy atom. The molecule has 1 saturated carbocycles. The zero-order valence-electron chi connectivity index (χ0n) is 9.93. The molecule has 2 atom stereocenters. The maximum Gasteiger partial charge on any atom is 0.282 e. The number of nitrogens with two attached hydrogens (primary N) is 1. The number of hydrogen-bond donors (Lipinski definition) is 2. The molecule has 0 amide bonds. The van der Waals surface area contributed by atoms with Crippen LogP contribution in [0.15, 0.2) is 18.2 Å². The molecule has 0 bridgehead atoms. The van der Waals surface area contributed by atoms with Crippen molar-refractivity contribution in [2.24, 2.45) is 5.73 Å². The lowest BCUT2D eigenvalue weighted by Crippen LogP contribution is -2.42.